The lowest BCUT2D eigenvalue weighted by Crippen LogP contribution is -2.14. The molecule has 0 aliphatic heterocycles. The molecule has 0 saturated carbocycles. The van der Waals surface area contributed by atoms with Gasteiger partial charge in [-0.1, -0.05) is 0 Å². The molecule has 0 amide bonds. The van der Waals surface area contributed by atoms with E-state index in [1.807, 2.05) is 0 Å². The number of esters is 1. The predicted molar refractivity (Wildman–Crippen MR) is 49.6 cm³/mol. The van der Waals surface area contributed by atoms with E-state index in [1.165, 1.54) is 0 Å². The number of halogens is 3. The number of ether oxygens (including phenoxy) is 1. The minimum Gasteiger partial charge on any atom is -0.461 e. The fourth-order valence-electron chi connectivity index (χ4n) is 1.03. The molecule has 0 aliphatic rings. The number of hydrogen-bond acceptors (Lipinski definition) is 4. The molecule has 16 heavy (non-hydrogen) atoms. The molecule has 4 nitrogen and oxygen atoms in total. The van der Waals surface area contributed by atoms with Crippen molar-refractivity contribution in [2.24, 2.45) is 0 Å². The number of rotatable bonds is 2. The van der Waals surface area contributed by atoms with Crippen molar-refractivity contribution in [1.82, 2.24) is 4.98 Å². The van der Waals surface area contributed by atoms with Crippen molar-refractivity contribution in [3.05, 3.63) is 23.4 Å². The molecule has 0 aromatic carbocycles. The summed E-state index contributed by atoms with van der Waals surface area (Å²) in [6.45, 7) is 1.69. The average Bonchev–Trinajstić information content (AvgIpc) is 2.16. The standard InChI is InChI=1S/C9H9F3N2O2/c1-2-16-8(15)6-4-3-5(7(13)14-6)9(10,11)12/h3-4H,2H2,1H3,(H2,13,14). The number of aromatic nitrogens is 1. The largest absolute Gasteiger partial charge is 0.461 e. The van der Waals surface area contributed by atoms with E-state index in [2.05, 4.69) is 9.72 Å². The van der Waals surface area contributed by atoms with Crippen LogP contribution in [0.2, 0.25) is 0 Å². The lowest BCUT2D eigenvalue weighted by molar-refractivity contribution is -0.137. The van der Waals surface area contributed by atoms with Gasteiger partial charge in [-0.2, -0.15) is 13.2 Å². The van der Waals surface area contributed by atoms with Crippen LogP contribution < -0.4 is 5.73 Å². The van der Waals surface area contributed by atoms with Crippen molar-refractivity contribution < 1.29 is 22.7 Å². The molecule has 88 valence electrons. The number of carbonyl (C=O) groups excluding carboxylic acids is 1. The average molecular weight is 234 g/mol. The van der Waals surface area contributed by atoms with Crippen molar-refractivity contribution in [2.75, 3.05) is 12.3 Å². The second-order valence-electron chi connectivity index (χ2n) is 2.85. The molecule has 0 fully saturated rings. The molecule has 0 aliphatic carbocycles. The molecular weight excluding hydrogens is 225 g/mol. The highest BCUT2D eigenvalue weighted by atomic mass is 19.4. The first-order valence-corrected chi connectivity index (χ1v) is 4.37. The Labute approximate surface area is 89.2 Å². The third kappa shape index (κ3) is 2.62. The second kappa shape index (κ2) is 4.38. The van der Waals surface area contributed by atoms with Crippen LogP contribution >= 0.6 is 0 Å². The maximum atomic E-state index is 12.3. The Bertz CT molecular complexity index is 404. The number of nitrogen functional groups attached to an aromatic ring is 1. The van der Waals surface area contributed by atoms with E-state index in [1.54, 1.807) is 6.92 Å². The van der Waals surface area contributed by atoms with Crippen molar-refractivity contribution >= 4 is 11.8 Å². The number of pyridine rings is 1. The zero-order valence-corrected chi connectivity index (χ0v) is 8.34. The molecule has 1 aromatic rings. The second-order valence-corrected chi connectivity index (χ2v) is 2.85. The summed E-state index contributed by atoms with van der Waals surface area (Å²) < 4.78 is 41.5. The quantitative estimate of drug-likeness (QED) is 0.793. The molecule has 0 bridgehead atoms. The lowest BCUT2D eigenvalue weighted by Gasteiger charge is -2.09. The third-order valence-corrected chi connectivity index (χ3v) is 1.71. The molecule has 0 saturated heterocycles. The number of alkyl halides is 3. The molecule has 1 aromatic heterocycles. The zero-order chi connectivity index (χ0) is 12.3. The molecule has 7 heteroatoms. The fourth-order valence-corrected chi connectivity index (χ4v) is 1.03. The first kappa shape index (κ1) is 12.3. The van der Waals surface area contributed by atoms with E-state index in [0.717, 1.165) is 6.07 Å². The van der Waals surface area contributed by atoms with Crippen molar-refractivity contribution in [3.8, 4) is 0 Å². The highest BCUT2D eigenvalue weighted by molar-refractivity contribution is 5.87. The number of nitrogens with zero attached hydrogens (tertiary/aromatic N) is 1. The fraction of sp³-hybridized carbons (Fsp3) is 0.333. The molecule has 0 spiro atoms. The molecule has 2 N–H and O–H groups in total. The van der Waals surface area contributed by atoms with Crippen LogP contribution in [0.15, 0.2) is 12.1 Å². The normalized spacial score (nSPS) is 11.2. The molecular formula is C9H9F3N2O2. The van der Waals surface area contributed by atoms with Gasteiger partial charge in [0.2, 0.25) is 0 Å². The molecule has 0 atom stereocenters. The van der Waals surface area contributed by atoms with Gasteiger partial charge in [0.15, 0.2) is 5.69 Å². The lowest BCUT2D eigenvalue weighted by atomic mass is 10.2. The molecule has 0 radical (unpaired) electrons. The van der Waals surface area contributed by atoms with Crippen LogP contribution in [0.25, 0.3) is 0 Å². The Hall–Kier alpha value is -1.79. The zero-order valence-electron chi connectivity index (χ0n) is 8.34. The Morgan fingerprint density at radius 3 is 2.56 bits per heavy atom. The van der Waals surface area contributed by atoms with Gasteiger partial charge in [-0.3, -0.25) is 0 Å². The van der Waals surface area contributed by atoms with Gasteiger partial charge in [0.05, 0.1) is 12.2 Å². The van der Waals surface area contributed by atoms with Crippen LogP contribution in [0.5, 0.6) is 0 Å². The van der Waals surface area contributed by atoms with Gasteiger partial charge in [-0.25, -0.2) is 9.78 Å². The topological polar surface area (TPSA) is 65.2 Å². The van der Waals surface area contributed by atoms with Crippen LogP contribution in [-0.4, -0.2) is 17.6 Å². The van der Waals surface area contributed by atoms with Crippen LogP contribution in [-0.2, 0) is 10.9 Å². The van der Waals surface area contributed by atoms with E-state index in [9.17, 15) is 18.0 Å². The van der Waals surface area contributed by atoms with Gasteiger partial charge in [-0.15, -0.1) is 0 Å². The Balaban J connectivity index is 3.05. The number of hydrogen-bond donors (Lipinski definition) is 1. The van der Waals surface area contributed by atoms with Gasteiger partial charge >= 0.3 is 12.1 Å². The number of carbonyl (C=O) groups is 1. The minimum atomic E-state index is -4.58. The summed E-state index contributed by atoms with van der Waals surface area (Å²) in [5, 5.41) is 0. The first-order chi connectivity index (χ1) is 7.36. The maximum absolute atomic E-state index is 12.3. The molecule has 1 heterocycles. The monoisotopic (exact) mass is 234 g/mol. The maximum Gasteiger partial charge on any atom is 0.419 e. The van der Waals surface area contributed by atoms with E-state index >= 15 is 0 Å². The summed E-state index contributed by atoms with van der Waals surface area (Å²) in [6.07, 6.45) is -4.58. The summed E-state index contributed by atoms with van der Waals surface area (Å²) >= 11 is 0. The van der Waals surface area contributed by atoms with Crippen molar-refractivity contribution in [2.45, 2.75) is 13.1 Å². The van der Waals surface area contributed by atoms with Gasteiger partial charge in [0, 0.05) is 0 Å². The highest BCUT2D eigenvalue weighted by Crippen LogP contribution is 2.32. The van der Waals surface area contributed by atoms with E-state index < -0.39 is 23.5 Å². The van der Waals surface area contributed by atoms with Crippen LogP contribution in [0.3, 0.4) is 0 Å². The Kier molecular flexibility index (Phi) is 3.36. The van der Waals surface area contributed by atoms with Crippen LogP contribution in [0, 0.1) is 0 Å². The number of nitrogens with two attached hydrogens (primary N) is 1. The SMILES string of the molecule is CCOC(=O)c1ccc(C(F)(F)F)c(N)n1. The summed E-state index contributed by atoms with van der Waals surface area (Å²) in [5.74, 6) is -1.54. The molecule has 1 rings (SSSR count). The van der Waals surface area contributed by atoms with Crippen molar-refractivity contribution in [1.29, 1.82) is 0 Å². The van der Waals surface area contributed by atoms with Crippen LogP contribution in [0.1, 0.15) is 23.0 Å². The highest BCUT2D eigenvalue weighted by Gasteiger charge is 2.34. The molecule has 0 unspecified atom stereocenters. The van der Waals surface area contributed by atoms with Crippen LogP contribution in [0.4, 0.5) is 19.0 Å². The first-order valence-electron chi connectivity index (χ1n) is 4.37. The van der Waals surface area contributed by atoms with E-state index in [-0.39, 0.29) is 12.3 Å². The minimum absolute atomic E-state index is 0.113. The summed E-state index contributed by atoms with van der Waals surface area (Å²) in [5.41, 5.74) is 3.79. The predicted octanol–water partition coefficient (Wildman–Crippen LogP) is 1.86. The summed E-state index contributed by atoms with van der Waals surface area (Å²) in [7, 11) is 0. The van der Waals surface area contributed by atoms with E-state index in [4.69, 9.17) is 5.73 Å². The van der Waals surface area contributed by atoms with Gasteiger partial charge in [-0.05, 0) is 19.1 Å². The van der Waals surface area contributed by atoms with Gasteiger partial charge in [0.1, 0.15) is 5.82 Å². The summed E-state index contributed by atoms with van der Waals surface area (Å²) in [4.78, 5) is 14.5. The smallest absolute Gasteiger partial charge is 0.419 e. The number of anilines is 1. The third-order valence-electron chi connectivity index (χ3n) is 1.71. The summed E-state index contributed by atoms with van der Waals surface area (Å²) in [6, 6.07) is 1.63. The van der Waals surface area contributed by atoms with E-state index in [0.29, 0.717) is 6.07 Å². The van der Waals surface area contributed by atoms with Gasteiger partial charge < -0.3 is 10.5 Å². The Morgan fingerprint density at radius 1 is 1.50 bits per heavy atom. The van der Waals surface area contributed by atoms with Crippen molar-refractivity contribution in [3.63, 3.8) is 0 Å². The Morgan fingerprint density at radius 2 is 2.12 bits per heavy atom. The van der Waals surface area contributed by atoms with Gasteiger partial charge in [0.25, 0.3) is 0 Å².